The smallest absolute Gasteiger partial charge is 0.281 e. The maximum absolute atomic E-state index is 12.6. The average Bonchev–Trinajstić information content (AvgIpc) is 1.80. The predicted molar refractivity (Wildman–Crippen MR) is 41.9 cm³/mol. The molecular weight excluding hydrogens is 246 g/mol. The summed E-state index contributed by atoms with van der Waals surface area (Å²) in [6, 6.07) is 0. The summed E-state index contributed by atoms with van der Waals surface area (Å²) in [5, 5.41) is -4.67. The molecule has 0 spiro atoms. The van der Waals surface area contributed by atoms with Crippen molar-refractivity contribution in [1.29, 1.82) is 0 Å². The van der Waals surface area contributed by atoms with Gasteiger partial charge in [0.15, 0.2) is 6.10 Å². The summed E-state index contributed by atoms with van der Waals surface area (Å²) in [6.07, 6.45) is -2.02. The van der Waals surface area contributed by atoms with E-state index >= 15 is 0 Å². The molecule has 0 aromatic heterocycles. The summed E-state index contributed by atoms with van der Waals surface area (Å²) in [4.78, 5) is 0. The van der Waals surface area contributed by atoms with Crippen LogP contribution in [0.25, 0.3) is 0 Å². The Hall–Kier alpha value is -0.320. The molecule has 0 aromatic rings. The Bertz CT molecular complexity index is 396. The normalized spacial score (nSPS) is 16.6. The molecule has 86 valence electrons. The molecule has 0 bridgehead atoms. The summed E-state index contributed by atoms with van der Waals surface area (Å²) < 4.78 is 78.0. The van der Waals surface area contributed by atoms with Crippen molar-refractivity contribution < 1.29 is 34.4 Å². The monoisotopic (exact) mass is 254 g/mol. The first-order chi connectivity index (χ1) is 5.88. The molecule has 1 N–H and O–H groups in total. The molecule has 0 aromatic carbocycles. The fraction of sp³-hybridized carbons (Fsp3) is 1.00. The predicted octanol–water partition coefficient (Wildman–Crippen LogP) is -0.168. The van der Waals surface area contributed by atoms with E-state index in [0.717, 1.165) is 0 Å². The quantitative estimate of drug-likeness (QED) is 0.552. The van der Waals surface area contributed by atoms with Crippen LogP contribution >= 0.6 is 0 Å². The van der Waals surface area contributed by atoms with Gasteiger partial charge in [-0.05, 0) is 6.92 Å². The Morgan fingerprint density at radius 3 is 1.86 bits per heavy atom. The zero-order valence-corrected chi connectivity index (χ0v) is 8.77. The Kier molecular flexibility index (Phi) is 3.60. The lowest BCUT2D eigenvalue weighted by Crippen LogP contribution is -2.41. The fourth-order valence-electron chi connectivity index (χ4n) is 0.528. The van der Waals surface area contributed by atoms with E-state index in [1.807, 2.05) is 0 Å². The van der Waals surface area contributed by atoms with E-state index < -0.39 is 31.6 Å². The second kappa shape index (κ2) is 3.68. The second-order valence-electron chi connectivity index (χ2n) is 2.48. The van der Waals surface area contributed by atoms with E-state index in [-0.39, 0.29) is 0 Å². The van der Waals surface area contributed by atoms with Crippen LogP contribution in [0.1, 0.15) is 6.92 Å². The minimum atomic E-state index is -5.70. The van der Waals surface area contributed by atoms with Crippen molar-refractivity contribution in [2.45, 2.75) is 18.3 Å². The molecule has 0 aliphatic heterocycles. The molecule has 0 aliphatic carbocycles. The third-order valence-electron chi connectivity index (χ3n) is 1.14. The van der Waals surface area contributed by atoms with Crippen molar-refractivity contribution in [3.8, 4) is 0 Å². The molecule has 0 radical (unpaired) electrons. The molecule has 1 atom stereocenters. The van der Waals surface area contributed by atoms with Gasteiger partial charge in [-0.1, -0.05) is 0 Å². The summed E-state index contributed by atoms with van der Waals surface area (Å²) in [6.45, 7) is 0.509. The number of hydrogen-bond acceptors (Lipinski definition) is 5. The van der Waals surface area contributed by atoms with E-state index in [0.29, 0.717) is 13.2 Å². The topological polar surface area (TPSA) is 97.7 Å². The van der Waals surface area contributed by atoms with Crippen LogP contribution in [0.2, 0.25) is 0 Å². The molecule has 10 heteroatoms. The lowest BCUT2D eigenvalue weighted by Gasteiger charge is -2.19. The Morgan fingerprint density at radius 1 is 1.29 bits per heavy atom. The van der Waals surface area contributed by atoms with Gasteiger partial charge < -0.3 is 0 Å². The maximum Gasteiger partial charge on any atom is 0.396 e. The van der Waals surface area contributed by atoms with Gasteiger partial charge in [-0.15, -0.1) is 0 Å². The van der Waals surface area contributed by atoms with Gasteiger partial charge in [0.1, 0.15) is 0 Å². The fourth-order valence-corrected chi connectivity index (χ4v) is 1.70. The Labute approximate surface area is 79.7 Å². The van der Waals surface area contributed by atoms with Gasteiger partial charge in [0, 0.05) is 0 Å². The first-order valence-electron chi connectivity index (χ1n) is 3.11. The molecule has 0 saturated carbocycles. The van der Waals surface area contributed by atoms with Gasteiger partial charge in [0.25, 0.3) is 10.1 Å². The first-order valence-corrected chi connectivity index (χ1v) is 6.36. The highest BCUT2D eigenvalue weighted by molar-refractivity contribution is 7.87. The Morgan fingerprint density at radius 2 is 1.64 bits per heavy atom. The number of hydrogen-bond donors (Lipinski definition) is 1. The molecule has 6 nitrogen and oxygen atoms in total. The highest BCUT2D eigenvalue weighted by Gasteiger charge is 2.51. The summed E-state index contributed by atoms with van der Waals surface area (Å²) in [7, 11) is -9.92. The number of halogens is 2. The molecule has 0 fully saturated rings. The molecule has 0 amide bonds. The highest BCUT2D eigenvalue weighted by atomic mass is 32.2. The molecule has 0 rings (SSSR count). The van der Waals surface area contributed by atoms with Crippen molar-refractivity contribution in [2.24, 2.45) is 0 Å². The highest BCUT2D eigenvalue weighted by Crippen LogP contribution is 2.27. The second-order valence-corrected chi connectivity index (χ2v) is 5.57. The Balaban J connectivity index is 4.97. The van der Waals surface area contributed by atoms with E-state index in [9.17, 15) is 25.6 Å². The molecular formula is C4H8F2O6S2. The third kappa shape index (κ3) is 3.44. The average molecular weight is 254 g/mol. The minimum Gasteiger partial charge on any atom is -0.281 e. The molecule has 0 saturated heterocycles. The van der Waals surface area contributed by atoms with Gasteiger partial charge in [-0.2, -0.15) is 25.6 Å². The van der Waals surface area contributed by atoms with Crippen LogP contribution in [0.5, 0.6) is 0 Å². The van der Waals surface area contributed by atoms with Gasteiger partial charge in [-0.3, -0.25) is 8.74 Å². The lowest BCUT2D eigenvalue weighted by molar-refractivity contribution is -0.0202. The van der Waals surface area contributed by atoms with Crippen molar-refractivity contribution in [3.63, 3.8) is 0 Å². The SMILES string of the molecule is CC(OS(C)(=O)=O)C(F)(F)S(=O)(=O)O. The van der Waals surface area contributed by atoms with Crippen molar-refractivity contribution in [2.75, 3.05) is 6.26 Å². The molecule has 0 aliphatic rings. The van der Waals surface area contributed by atoms with E-state index in [2.05, 4.69) is 4.18 Å². The third-order valence-corrected chi connectivity index (χ3v) is 2.79. The van der Waals surface area contributed by atoms with E-state index in [4.69, 9.17) is 4.55 Å². The van der Waals surface area contributed by atoms with Crippen LogP contribution in [-0.4, -0.2) is 39.0 Å². The maximum atomic E-state index is 12.6. The minimum absolute atomic E-state index is 0.476. The van der Waals surface area contributed by atoms with Crippen LogP contribution < -0.4 is 0 Å². The lowest BCUT2D eigenvalue weighted by atomic mass is 10.4. The van der Waals surface area contributed by atoms with Crippen LogP contribution in [0.4, 0.5) is 8.78 Å². The summed E-state index contributed by atoms with van der Waals surface area (Å²) in [5.74, 6) is 0. The van der Waals surface area contributed by atoms with Gasteiger partial charge in [0.05, 0.1) is 6.26 Å². The van der Waals surface area contributed by atoms with Crippen LogP contribution in [0, 0.1) is 0 Å². The first kappa shape index (κ1) is 13.7. The van der Waals surface area contributed by atoms with Crippen molar-refractivity contribution in [1.82, 2.24) is 0 Å². The van der Waals surface area contributed by atoms with Gasteiger partial charge in [0.2, 0.25) is 0 Å². The van der Waals surface area contributed by atoms with Crippen molar-refractivity contribution in [3.05, 3.63) is 0 Å². The largest absolute Gasteiger partial charge is 0.396 e. The van der Waals surface area contributed by atoms with Gasteiger partial charge >= 0.3 is 15.4 Å². The number of alkyl halides is 2. The van der Waals surface area contributed by atoms with Crippen LogP contribution in [0.15, 0.2) is 0 Å². The van der Waals surface area contributed by atoms with E-state index in [1.165, 1.54) is 0 Å². The zero-order chi connectivity index (χ0) is 11.8. The zero-order valence-electron chi connectivity index (χ0n) is 7.14. The summed E-state index contributed by atoms with van der Waals surface area (Å²) >= 11 is 0. The van der Waals surface area contributed by atoms with Crippen LogP contribution in [-0.2, 0) is 24.4 Å². The van der Waals surface area contributed by atoms with Gasteiger partial charge in [-0.25, -0.2) is 0 Å². The molecule has 0 heterocycles. The number of rotatable bonds is 4. The molecule has 1 unspecified atom stereocenters. The summed E-state index contributed by atoms with van der Waals surface area (Å²) in [5.41, 5.74) is 0. The van der Waals surface area contributed by atoms with E-state index in [1.54, 1.807) is 0 Å². The van der Waals surface area contributed by atoms with Crippen molar-refractivity contribution >= 4 is 20.2 Å². The molecule has 14 heavy (non-hydrogen) atoms. The van der Waals surface area contributed by atoms with Crippen LogP contribution in [0.3, 0.4) is 0 Å². The standard InChI is InChI=1S/C4H8F2O6S2/c1-3(12-13(2,7)8)4(5,6)14(9,10)11/h3H,1-2H3,(H,9,10,11).